The number of anilines is 1. The number of hydrogen-bond acceptors (Lipinski definition) is 4. The average Bonchev–Trinajstić information content (AvgIpc) is 3.04. The summed E-state index contributed by atoms with van der Waals surface area (Å²) in [5, 5.41) is 2.97. The van der Waals surface area contributed by atoms with Gasteiger partial charge in [-0.3, -0.25) is 14.4 Å². The van der Waals surface area contributed by atoms with Gasteiger partial charge in [0, 0.05) is 24.7 Å². The molecule has 1 heterocycles. The third kappa shape index (κ3) is 4.87. The van der Waals surface area contributed by atoms with Crippen molar-refractivity contribution in [2.75, 3.05) is 18.1 Å². The van der Waals surface area contributed by atoms with Crippen LogP contribution in [-0.2, 0) is 19.1 Å². The molecular weight excluding hydrogens is 344 g/mol. The Morgan fingerprint density at radius 1 is 1.19 bits per heavy atom. The van der Waals surface area contributed by atoms with Crippen molar-refractivity contribution in [3.05, 3.63) is 29.8 Å². The summed E-state index contributed by atoms with van der Waals surface area (Å²) in [6, 6.07) is 7.78. The molecule has 1 aliphatic heterocycles. The third-order valence-corrected chi connectivity index (χ3v) is 5.61. The number of carbonyl (C=O) groups is 3. The van der Waals surface area contributed by atoms with Crippen molar-refractivity contribution in [3.63, 3.8) is 0 Å². The Hall–Kier alpha value is -2.37. The highest BCUT2D eigenvalue weighted by molar-refractivity contribution is 5.99. The molecule has 1 N–H and O–H groups in total. The van der Waals surface area contributed by atoms with Gasteiger partial charge in [0.25, 0.3) is 5.91 Å². The van der Waals surface area contributed by atoms with E-state index in [1.165, 1.54) is 6.42 Å². The Balaban J connectivity index is 1.47. The Morgan fingerprint density at radius 3 is 2.59 bits per heavy atom. The number of rotatable bonds is 5. The van der Waals surface area contributed by atoms with Crippen molar-refractivity contribution in [2.24, 2.45) is 11.8 Å². The van der Waals surface area contributed by atoms with Crippen LogP contribution in [0.25, 0.3) is 0 Å². The fourth-order valence-corrected chi connectivity index (χ4v) is 3.87. The predicted molar refractivity (Wildman–Crippen MR) is 102 cm³/mol. The zero-order chi connectivity index (χ0) is 19.4. The van der Waals surface area contributed by atoms with Crippen LogP contribution in [0.2, 0.25) is 0 Å². The van der Waals surface area contributed by atoms with Crippen LogP contribution in [0.1, 0.15) is 44.6 Å². The van der Waals surface area contributed by atoms with Gasteiger partial charge in [-0.05, 0) is 37.8 Å². The largest absolute Gasteiger partial charge is 0.455 e. The zero-order valence-corrected chi connectivity index (χ0v) is 16.1. The molecule has 1 aromatic rings. The van der Waals surface area contributed by atoms with E-state index >= 15 is 0 Å². The zero-order valence-electron chi connectivity index (χ0n) is 16.1. The maximum Gasteiger partial charge on any atom is 0.311 e. The first-order chi connectivity index (χ1) is 12.9. The number of carbonyl (C=O) groups excluding carboxylic acids is 3. The lowest BCUT2D eigenvalue weighted by molar-refractivity contribution is -0.152. The summed E-state index contributed by atoms with van der Waals surface area (Å²) in [6.45, 7) is 4.13. The van der Waals surface area contributed by atoms with E-state index in [-0.39, 0.29) is 30.9 Å². The molecule has 1 saturated carbocycles. The Labute approximate surface area is 160 Å². The van der Waals surface area contributed by atoms with Gasteiger partial charge in [0.15, 0.2) is 6.61 Å². The molecule has 0 unspecified atom stereocenters. The number of aryl methyl sites for hydroxylation is 1. The first-order valence-electron chi connectivity index (χ1n) is 9.77. The SMILES string of the molecule is Cc1ccc(N2C[C@H](C(=O)OCC(=O)N[C@@H]3CCCC[C@@H]3C)CC2=O)cc1. The first-order valence-corrected chi connectivity index (χ1v) is 9.77. The van der Waals surface area contributed by atoms with Crippen molar-refractivity contribution in [2.45, 2.75) is 52.0 Å². The predicted octanol–water partition coefficient (Wildman–Crippen LogP) is 2.59. The highest BCUT2D eigenvalue weighted by Crippen LogP contribution is 2.26. The van der Waals surface area contributed by atoms with Crippen LogP contribution in [-0.4, -0.2) is 37.0 Å². The minimum Gasteiger partial charge on any atom is -0.455 e. The summed E-state index contributed by atoms with van der Waals surface area (Å²) in [6.07, 6.45) is 4.53. The number of amides is 2. The molecule has 0 bridgehead atoms. The van der Waals surface area contributed by atoms with Crippen molar-refractivity contribution in [1.29, 1.82) is 0 Å². The molecule has 2 aliphatic rings. The Bertz CT molecular complexity index is 701. The van der Waals surface area contributed by atoms with E-state index in [1.807, 2.05) is 31.2 Å². The van der Waals surface area contributed by atoms with E-state index in [9.17, 15) is 14.4 Å². The van der Waals surface area contributed by atoms with Gasteiger partial charge in [0.1, 0.15) is 0 Å². The second kappa shape index (κ2) is 8.55. The van der Waals surface area contributed by atoms with Crippen LogP contribution in [0.5, 0.6) is 0 Å². The molecule has 1 saturated heterocycles. The van der Waals surface area contributed by atoms with E-state index in [2.05, 4.69) is 12.2 Å². The number of benzene rings is 1. The summed E-state index contributed by atoms with van der Waals surface area (Å²) >= 11 is 0. The van der Waals surface area contributed by atoms with Gasteiger partial charge >= 0.3 is 5.97 Å². The van der Waals surface area contributed by atoms with E-state index < -0.39 is 11.9 Å². The molecule has 0 spiro atoms. The van der Waals surface area contributed by atoms with Gasteiger partial charge in [-0.25, -0.2) is 0 Å². The third-order valence-electron chi connectivity index (χ3n) is 5.61. The summed E-state index contributed by atoms with van der Waals surface area (Å²) in [7, 11) is 0. The van der Waals surface area contributed by atoms with Gasteiger partial charge in [0.05, 0.1) is 5.92 Å². The highest BCUT2D eigenvalue weighted by atomic mass is 16.5. The monoisotopic (exact) mass is 372 g/mol. The van der Waals surface area contributed by atoms with Crippen molar-refractivity contribution < 1.29 is 19.1 Å². The van der Waals surface area contributed by atoms with Crippen LogP contribution < -0.4 is 10.2 Å². The van der Waals surface area contributed by atoms with Crippen LogP contribution in [0.4, 0.5) is 5.69 Å². The van der Waals surface area contributed by atoms with Gasteiger partial charge in [0.2, 0.25) is 5.91 Å². The smallest absolute Gasteiger partial charge is 0.311 e. The lowest BCUT2D eigenvalue weighted by Gasteiger charge is -2.29. The molecule has 1 aliphatic carbocycles. The molecule has 3 atom stereocenters. The first kappa shape index (κ1) is 19.4. The van der Waals surface area contributed by atoms with Crippen LogP contribution in [0.3, 0.4) is 0 Å². The quantitative estimate of drug-likeness (QED) is 0.806. The summed E-state index contributed by atoms with van der Waals surface area (Å²) in [4.78, 5) is 38.3. The van der Waals surface area contributed by atoms with Crippen LogP contribution in [0.15, 0.2) is 24.3 Å². The molecule has 0 aromatic heterocycles. The van der Waals surface area contributed by atoms with Crippen LogP contribution in [0, 0.1) is 18.8 Å². The Morgan fingerprint density at radius 2 is 1.89 bits per heavy atom. The molecule has 2 fully saturated rings. The van der Waals surface area contributed by atoms with E-state index in [4.69, 9.17) is 4.74 Å². The lowest BCUT2D eigenvalue weighted by Crippen LogP contribution is -2.43. The molecule has 27 heavy (non-hydrogen) atoms. The lowest BCUT2D eigenvalue weighted by atomic mass is 9.86. The van der Waals surface area contributed by atoms with Crippen molar-refractivity contribution in [3.8, 4) is 0 Å². The van der Waals surface area contributed by atoms with E-state index in [0.29, 0.717) is 12.5 Å². The highest BCUT2D eigenvalue weighted by Gasteiger charge is 2.36. The summed E-state index contributed by atoms with van der Waals surface area (Å²) in [5.41, 5.74) is 1.89. The maximum absolute atomic E-state index is 12.3. The Kier molecular flexibility index (Phi) is 6.14. The molecule has 6 heteroatoms. The molecule has 0 radical (unpaired) electrons. The number of ether oxygens (including phenoxy) is 1. The number of hydrogen-bond donors (Lipinski definition) is 1. The summed E-state index contributed by atoms with van der Waals surface area (Å²) in [5.74, 6) is -0.915. The van der Waals surface area contributed by atoms with Gasteiger partial charge < -0.3 is 15.0 Å². The molecule has 3 rings (SSSR count). The average molecular weight is 372 g/mol. The van der Waals surface area contributed by atoms with Gasteiger partial charge in [-0.1, -0.05) is 37.5 Å². The van der Waals surface area contributed by atoms with Crippen molar-refractivity contribution >= 4 is 23.5 Å². The minimum atomic E-state index is -0.528. The molecule has 6 nitrogen and oxygen atoms in total. The second-order valence-electron chi connectivity index (χ2n) is 7.78. The standard InChI is InChI=1S/C21H28N2O4/c1-14-7-9-17(10-8-14)23-12-16(11-20(23)25)21(26)27-13-19(24)22-18-6-4-3-5-15(18)2/h7-10,15-16,18H,3-6,11-13H2,1-2H3,(H,22,24)/t15-,16+,18+/m0/s1. The summed E-state index contributed by atoms with van der Waals surface area (Å²) < 4.78 is 5.19. The fraction of sp³-hybridized carbons (Fsp3) is 0.571. The minimum absolute atomic E-state index is 0.0960. The fourth-order valence-electron chi connectivity index (χ4n) is 3.87. The number of nitrogens with one attached hydrogen (secondary N) is 1. The molecule has 146 valence electrons. The van der Waals surface area contributed by atoms with Crippen molar-refractivity contribution in [1.82, 2.24) is 5.32 Å². The number of esters is 1. The molecule has 1 aromatic carbocycles. The van der Waals surface area contributed by atoms with E-state index in [1.54, 1.807) is 4.90 Å². The molecular formula is C21H28N2O4. The number of nitrogens with zero attached hydrogens (tertiary/aromatic N) is 1. The van der Waals surface area contributed by atoms with Gasteiger partial charge in [-0.2, -0.15) is 0 Å². The normalized spacial score (nSPS) is 25.3. The van der Waals surface area contributed by atoms with Crippen LogP contribution >= 0.6 is 0 Å². The van der Waals surface area contributed by atoms with Gasteiger partial charge in [-0.15, -0.1) is 0 Å². The molecule has 2 amide bonds. The topological polar surface area (TPSA) is 75.7 Å². The van der Waals surface area contributed by atoms with E-state index in [0.717, 1.165) is 30.5 Å². The second-order valence-corrected chi connectivity index (χ2v) is 7.78. The maximum atomic E-state index is 12.3.